The second-order valence-electron chi connectivity index (χ2n) is 11.2. The van der Waals surface area contributed by atoms with Gasteiger partial charge in [0.25, 0.3) is 0 Å². The first kappa shape index (κ1) is 33.0. The molecule has 41 heavy (non-hydrogen) atoms. The van der Waals surface area contributed by atoms with Crippen molar-refractivity contribution in [2.75, 3.05) is 39.3 Å². The largest absolute Gasteiger partial charge is 0.480 e. The molecule has 0 aromatic heterocycles. The number of hydrogen-bond acceptors (Lipinski definition) is 7. The van der Waals surface area contributed by atoms with E-state index in [9.17, 15) is 27.9 Å². The molecule has 2 saturated heterocycles. The van der Waals surface area contributed by atoms with Crippen LogP contribution in [0.1, 0.15) is 63.9 Å². The van der Waals surface area contributed by atoms with Crippen LogP contribution in [0.25, 0.3) is 0 Å². The summed E-state index contributed by atoms with van der Waals surface area (Å²) in [5.74, 6) is -1.11. The summed E-state index contributed by atoms with van der Waals surface area (Å²) < 4.78 is 27.9. The Morgan fingerprint density at radius 3 is 2.02 bits per heavy atom. The maximum Gasteiger partial charge on any atom is 0.323 e. The first-order valence-electron chi connectivity index (χ1n) is 15.0. The van der Waals surface area contributed by atoms with E-state index in [0.717, 1.165) is 77.5 Å². The van der Waals surface area contributed by atoms with Crippen LogP contribution >= 0.6 is 0 Å². The maximum atomic E-state index is 13.1. The van der Waals surface area contributed by atoms with E-state index < -0.39 is 34.5 Å². The highest BCUT2D eigenvalue weighted by Crippen LogP contribution is 2.27. The van der Waals surface area contributed by atoms with Gasteiger partial charge >= 0.3 is 5.97 Å². The number of benzene rings is 1. The Labute approximate surface area is 244 Å². The molecular weight excluding hydrogens is 546 g/mol. The molecule has 1 unspecified atom stereocenters. The van der Waals surface area contributed by atoms with E-state index in [1.807, 2.05) is 6.92 Å². The zero-order valence-electron chi connectivity index (χ0n) is 24.1. The van der Waals surface area contributed by atoms with Crippen molar-refractivity contribution < 1.29 is 27.9 Å². The fourth-order valence-electron chi connectivity index (χ4n) is 5.70. The number of carboxylic acid groups (broad SMARTS) is 1. The zero-order chi connectivity index (χ0) is 29.7. The number of hydrogen-bond donors (Lipinski definition) is 6. The Morgan fingerprint density at radius 2 is 1.49 bits per heavy atom. The average molecular weight is 594 g/mol. The van der Waals surface area contributed by atoms with E-state index in [1.165, 1.54) is 6.07 Å². The number of nitrogens with one attached hydrogen (secondary N) is 5. The smallest absolute Gasteiger partial charge is 0.323 e. The molecule has 0 radical (unpaired) electrons. The van der Waals surface area contributed by atoms with Crippen molar-refractivity contribution in [3.05, 3.63) is 29.8 Å². The van der Waals surface area contributed by atoms with Crippen LogP contribution in [0.2, 0.25) is 0 Å². The van der Waals surface area contributed by atoms with Gasteiger partial charge in [0.1, 0.15) is 6.04 Å². The quantitative estimate of drug-likeness (QED) is 0.167. The number of aryl methyl sites for hydroxylation is 1. The summed E-state index contributed by atoms with van der Waals surface area (Å²) in [6.45, 7) is 5.10. The van der Waals surface area contributed by atoms with Gasteiger partial charge in [0, 0.05) is 12.5 Å². The van der Waals surface area contributed by atoms with Crippen LogP contribution < -0.4 is 26.0 Å². The Bertz CT molecular complexity index is 1080. The van der Waals surface area contributed by atoms with E-state index in [0.29, 0.717) is 23.8 Å². The SMILES string of the molecule is CCc1ccccc1S(=O)(=O)NC(CNC(=O)CNC(=O)C(CCC1CCNCC1)CCC1CCNCC1)C(=O)O. The summed E-state index contributed by atoms with van der Waals surface area (Å²) in [5.41, 5.74) is 0.561. The fraction of sp³-hybridized carbons (Fsp3) is 0.690. The summed E-state index contributed by atoms with van der Waals surface area (Å²) in [5, 5.41) is 21.5. The van der Waals surface area contributed by atoms with Crippen molar-refractivity contribution in [1.29, 1.82) is 0 Å². The summed E-state index contributed by atoms with van der Waals surface area (Å²) in [6, 6.07) is 4.81. The van der Waals surface area contributed by atoms with E-state index in [1.54, 1.807) is 18.2 Å². The average Bonchev–Trinajstić information content (AvgIpc) is 2.98. The number of piperidine rings is 2. The first-order chi connectivity index (χ1) is 19.7. The summed E-state index contributed by atoms with van der Waals surface area (Å²) in [7, 11) is -4.12. The lowest BCUT2D eigenvalue weighted by Crippen LogP contribution is -2.50. The lowest BCUT2D eigenvalue weighted by Gasteiger charge is -2.27. The fourth-order valence-corrected chi connectivity index (χ4v) is 7.20. The van der Waals surface area contributed by atoms with Gasteiger partial charge in [0.15, 0.2) is 0 Å². The van der Waals surface area contributed by atoms with Gasteiger partial charge in [-0.1, -0.05) is 25.1 Å². The van der Waals surface area contributed by atoms with Crippen molar-refractivity contribution >= 4 is 27.8 Å². The standard InChI is InChI=1S/C29H47N5O6S/c1-2-23-5-3-4-6-26(23)41(39,40)34-25(29(37)38)19-32-27(35)20-33-28(36)24(9-7-21-11-15-30-16-12-21)10-8-22-13-17-31-18-14-22/h3-6,21-22,24-25,30-31,34H,2,7-20H2,1H3,(H,32,35)(H,33,36)(H,37,38). The molecule has 2 heterocycles. The second kappa shape index (κ2) is 16.8. The Balaban J connectivity index is 1.51. The van der Waals surface area contributed by atoms with Crippen molar-refractivity contribution in [1.82, 2.24) is 26.0 Å². The molecule has 6 N–H and O–H groups in total. The van der Waals surface area contributed by atoms with Gasteiger partial charge in [-0.2, -0.15) is 4.72 Å². The molecule has 2 aliphatic heterocycles. The molecule has 0 aliphatic carbocycles. The molecule has 230 valence electrons. The van der Waals surface area contributed by atoms with Gasteiger partial charge in [-0.3, -0.25) is 14.4 Å². The number of carbonyl (C=O) groups is 3. The summed E-state index contributed by atoms with van der Waals surface area (Å²) in [4.78, 5) is 37.5. The topological polar surface area (TPSA) is 166 Å². The number of rotatable bonds is 16. The Hall–Kier alpha value is -2.54. The minimum Gasteiger partial charge on any atom is -0.480 e. The van der Waals surface area contributed by atoms with Crippen LogP contribution in [0, 0.1) is 17.8 Å². The van der Waals surface area contributed by atoms with E-state index in [-0.39, 0.29) is 23.3 Å². The number of aliphatic carboxylic acids is 1. The molecule has 0 spiro atoms. The summed E-state index contributed by atoms with van der Waals surface area (Å²) >= 11 is 0. The van der Waals surface area contributed by atoms with Gasteiger partial charge in [0.05, 0.1) is 11.4 Å². The number of carbonyl (C=O) groups excluding carboxylic acids is 2. The first-order valence-corrected chi connectivity index (χ1v) is 16.5. The lowest BCUT2D eigenvalue weighted by molar-refractivity contribution is -0.139. The van der Waals surface area contributed by atoms with Gasteiger partial charge in [-0.15, -0.1) is 0 Å². The van der Waals surface area contributed by atoms with E-state index in [4.69, 9.17) is 0 Å². The normalized spacial score (nSPS) is 17.7. The molecule has 12 heteroatoms. The minimum absolute atomic E-state index is 0.00682. The van der Waals surface area contributed by atoms with Crippen molar-refractivity contribution in [3.63, 3.8) is 0 Å². The van der Waals surface area contributed by atoms with Crippen molar-refractivity contribution in [3.8, 4) is 0 Å². The van der Waals surface area contributed by atoms with Crippen LogP contribution in [0.4, 0.5) is 0 Å². The highest BCUT2D eigenvalue weighted by Gasteiger charge is 2.28. The number of carboxylic acids is 1. The minimum atomic E-state index is -4.12. The third-order valence-electron chi connectivity index (χ3n) is 8.30. The molecule has 11 nitrogen and oxygen atoms in total. The summed E-state index contributed by atoms with van der Waals surface area (Å²) in [6.07, 6.45) is 8.46. The third kappa shape index (κ3) is 11.0. The van der Waals surface area contributed by atoms with Crippen molar-refractivity contribution in [2.45, 2.75) is 75.6 Å². The predicted octanol–water partition coefficient (Wildman–Crippen LogP) is 1.39. The van der Waals surface area contributed by atoms with Gasteiger partial charge in [-0.25, -0.2) is 8.42 Å². The van der Waals surface area contributed by atoms with Gasteiger partial charge in [-0.05, 0) is 107 Å². The molecule has 2 aliphatic rings. The van der Waals surface area contributed by atoms with Gasteiger partial charge in [0.2, 0.25) is 21.8 Å². The molecule has 3 rings (SSSR count). The Morgan fingerprint density at radius 1 is 0.927 bits per heavy atom. The number of sulfonamides is 1. The van der Waals surface area contributed by atoms with Crippen LogP contribution in [-0.4, -0.2) is 76.6 Å². The molecule has 0 saturated carbocycles. The molecule has 1 aromatic carbocycles. The van der Waals surface area contributed by atoms with Crippen LogP contribution in [0.15, 0.2) is 29.2 Å². The van der Waals surface area contributed by atoms with Crippen LogP contribution in [0.5, 0.6) is 0 Å². The monoisotopic (exact) mass is 593 g/mol. The molecule has 1 aromatic rings. The van der Waals surface area contributed by atoms with Crippen LogP contribution in [0.3, 0.4) is 0 Å². The van der Waals surface area contributed by atoms with E-state index in [2.05, 4.69) is 26.0 Å². The Kier molecular flexibility index (Phi) is 13.5. The second-order valence-corrected chi connectivity index (χ2v) is 12.9. The van der Waals surface area contributed by atoms with Gasteiger partial charge < -0.3 is 26.4 Å². The number of amides is 2. The lowest BCUT2D eigenvalue weighted by atomic mass is 9.84. The van der Waals surface area contributed by atoms with Crippen LogP contribution in [-0.2, 0) is 30.8 Å². The molecule has 2 fully saturated rings. The highest BCUT2D eigenvalue weighted by molar-refractivity contribution is 7.89. The zero-order valence-corrected chi connectivity index (χ0v) is 24.9. The molecule has 0 bridgehead atoms. The predicted molar refractivity (Wildman–Crippen MR) is 157 cm³/mol. The highest BCUT2D eigenvalue weighted by atomic mass is 32.2. The van der Waals surface area contributed by atoms with Crippen molar-refractivity contribution in [2.24, 2.45) is 17.8 Å². The third-order valence-corrected chi connectivity index (χ3v) is 9.87. The molecule has 1 atom stereocenters. The van der Waals surface area contributed by atoms with E-state index >= 15 is 0 Å². The molecular formula is C29H47N5O6S. The maximum absolute atomic E-state index is 13.1. The molecule has 2 amide bonds.